The molecule has 5 nitrogen and oxygen atoms in total. The van der Waals surface area contributed by atoms with Crippen LogP contribution in [0.25, 0.3) is 0 Å². The van der Waals surface area contributed by atoms with Crippen LogP contribution < -0.4 is 4.90 Å². The number of nitrogens with zero attached hydrogens (tertiary/aromatic N) is 1. The minimum atomic E-state index is -1.61. The first-order valence-electron chi connectivity index (χ1n) is 7.65. The standard InChI is InChI=1S/C16H20BrF2NO4/c1-4-5-6-24-15(23)20-9-7-8(18)11(17)12(19)10(9)13(21)14(22)16(20,2)3/h7,13-14,21-22H,4-6H2,1-3H3. The molecule has 1 heterocycles. The van der Waals surface area contributed by atoms with Crippen molar-refractivity contribution < 1.29 is 28.5 Å². The van der Waals surface area contributed by atoms with Gasteiger partial charge < -0.3 is 14.9 Å². The van der Waals surface area contributed by atoms with Gasteiger partial charge in [0.15, 0.2) is 0 Å². The Bertz CT molecular complexity index is 653. The van der Waals surface area contributed by atoms with E-state index < -0.39 is 39.9 Å². The second-order valence-electron chi connectivity index (χ2n) is 6.27. The minimum Gasteiger partial charge on any atom is -0.449 e. The van der Waals surface area contributed by atoms with Crippen molar-refractivity contribution in [3.63, 3.8) is 0 Å². The molecule has 2 rings (SSSR count). The van der Waals surface area contributed by atoms with Crippen LogP contribution in [0.2, 0.25) is 0 Å². The predicted octanol–water partition coefficient (Wildman–Crippen LogP) is 3.66. The molecular formula is C16H20BrF2NO4. The lowest BCUT2D eigenvalue weighted by atomic mass is 9.82. The first kappa shape index (κ1) is 19.1. The van der Waals surface area contributed by atoms with Gasteiger partial charge in [-0.25, -0.2) is 13.6 Å². The zero-order valence-electron chi connectivity index (χ0n) is 13.6. The Morgan fingerprint density at radius 3 is 2.62 bits per heavy atom. The number of amides is 1. The molecule has 0 saturated carbocycles. The van der Waals surface area contributed by atoms with E-state index in [4.69, 9.17) is 4.74 Å². The lowest BCUT2D eigenvalue weighted by Gasteiger charge is -2.47. The summed E-state index contributed by atoms with van der Waals surface area (Å²) in [6.07, 6.45) is -2.46. The van der Waals surface area contributed by atoms with Crippen LogP contribution in [0, 0.1) is 11.6 Å². The molecule has 1 aliphatic heterocycles. The maximum atomic E-state index is 14.4. The molecule has 0 aliphatic carbocycles. The molecule has 1 aliphatic rings. The molecule has 0 aromatic heterocycles. The monoisotopic (exact) mass is 407 g/mol. The van der Waals surface area contributed by atoms with Gasteiger partial charge in [0.25, 0.3) is 0 Å². The van der Waals surface area contributed by atoms with E-state index in [2.05, 4.69) is 15.9 Å². The van der Waals surface area contributed by atoms with Crippen molar-refractivity contribution in [2.75, 3.05) is 11.5 Å². The van der Waals surface area contributed by atoms with Gasteiger partial charge in [-0.15, -0.1) is 0 Å². The third-order valence-electron chi connectivity index (χ3n) is 4.22. The quantitative estimate of drug-likeness (QED) is 0.592. The summed E-state index contributed by atoms with van der Waals surface area (Å²) in [5.41, 5.74) is -1.82. The predicted molar refractivity (Wildman–Crippen MR) is 87.8 cm³/mol. The molecule has 0 fully saturated rings. The second-order valence-corrected chi connectivity index (χ2v) is 7.06. The number of unbranched alkanes of at least 4 members (excludes halogenated alkanes) is 1. The van der Waals surface area contributed by atoms with Crippen molar-refractivity contribution in [2.24, 2.45) is 0 Å². The van der Waals surface area contributed by atoms with Crippen LogP contribution in [-0.4, -0.2) is 34.6 Å². The van der Waals surface area contributed by atoms with Crippen molar-refractivity contribution in [3.8, 4) is 0 Å². The number of hydrogen-bond acceptors (Lipinski definition) is 4. The number of hydrogen-bond donors (Lipinski definition) is 2. The average molecular weight is 408 g/mol. The Hall–Kier alpha value is -1.25. The molecule has 134 valence electrons. The summed E-state index contributed by atoms with van der Waals surface area (Å²) in [6, 6.07) is 0.945. The Labute approximate surface area is 147 Å². The average Bonchev–Trinajstić information content (AvgIpc) is 2.50. The van der Waals surface area contributed by atoms with Gasteiger partial charge in [-0.2, -0.15) is 0 Å². The zero-order chi connectivity index (χ0) is 18.2. The number of aliphatic hydroxyl groups is 2. The number of anilines is 1. The first-order chi connectivity index (χ1) is 11.1. The van der Waals surface area contributed by atoms with Crippen LogP contribution in [-0.2, 0) is 4.74 Å². The molecule has 0 spiro atoms. The maximum Gasteiger partial charge on any atom is 0.414 e. The molecule has 8 heteroatoms. The van der Waals surface area contributed by atoms with E-state index in [-0.39, 0.29) is 17.9 Å². The van der Waals surface area contributed by atoms with Crippen LogP contribution in [0.4, 0.5) is 19.3 Å². The van der Waals surface area contributed by atoms with E-state index in [1.54, 1.807) is 0 Å². The number of benzene rings is 1. The van der Waals surface area contributed by atoms with Crippen molar-refractivity contribution in [1.82, 2.24) is 0 Å². The number of ether oxygens (including phenoxy) is 1. The Morgan fingerprint density at radius 1 is 1.42 bits per heavy atom. The van der Waals surface area contributed by atoms with Crippen molar-refractivity contribution in [2.45, 2.75) is 51.4 Å². The highest BCUT2D eigenvalue weighted by molar-refractivity contribution is 9.10. The lowest BCUT2D eigenvalue weighted by Crippen LogP contribution is -2.60. The number of carbonyl (C=O) groups excluding carboxylic acids is 1. The third-order valence-corrected chi connectivity index (χ3v) is 4.95. The summed E-state index contributed by atoms with van der Waals surface area (Å²) in [6.45, 7) is 5.05. The summed E-state index contributed by atoms with van der Waals surface area (Å²) < 4.78 is 33.1. The van der Waals surface area contributed by atoms with Crippen LogP contribution >= 0.6 is 15.9 Å². The smallest absolute Gasteiger partial charge is 0.414 e. The molecule has 2 atom stereocenters. The fourth-order valence-electron chi connectivity index (χ4n) is 2.75. The van der Waals surface area contributed by atoms with Crippen LogP contribution in [0.5, 0.6) is 0 Å². The zero-order valence-corrected chi connectivity index (χ0v) is 15.2. The molecule has 1 amide bonds. The highest BCUT2D eigenvalue weighted by Crippen LogP contribution is 2.46. The number of aliphatic hydroxyl groups excluding tert-OH is 2. The number of carbonyl (C=O) groups is 1. The summed E-state index contributed by atoms with van der Waals surface area (Å²) in [5, 5.41) is 20.6. The Morgan fingerprint density at radius 2 is 2.04 bits per heavy atom. The maximum absolute atomic E-state index is 14.4. The number of rotatable bonds is 3. The van der Waals surface area contributed by atoms with Gasteiger partial charge in [0, 0.05) is 5.56 Å². The van der Waals surface area contributed by atoms with Gasteiger partial charge in [0.05, 0.1) is 22.3 Å². The molecular weight excluding hydrogens is 388 g/mol. The van der Waals surface area contributed by atoms with Crippen molar-refractivity contribution in [3.05, 3.63) is 27.7 Å². The summed E-state index contributed by atoms with van der Waals surface area (Å²) in [7, 11) is 0. The second kappa shape index (κ2) is 6.93. The topological polar surface area (TPSA) is 70.0 Å². The highest BCUT2D eigenvalue weighted by Gasteiger charge is 2.50. The summed E-state index contributed by atoms with van der Waals surface area (Å²) in [5.74, 6) is -1.98. The van der Waals surface area contributed by atoms with E-state index in [1.807, 2.05) is 6.92 Å². The number of fused-ring (bicyclic) bond motifs is 1. The highest BCUT2D eigenvalue weighted by atomic mass is 79.9. The van der Waals surface area contributed by atoms with Gasteiger partial charge in [-0.1, -0.05) is 13.3 Å². The molecule has 0 bridgehead atoms. The largest absolute Gasteiger partial charge is 0.449 e. The lowest BCUT2D eigenvalue weighted by molar-refractivity contribution is -0.0315. The fraction of sp³-hybridized carbons (Fsp3) is 0.562. The molecule has 0 radical (unpaired) electrons. The SMILES string of the molecule is CCCCOC(=O)N1c2cc(F)c(Br)c(F)c2C(O)C(O)C1(C)C. The van der Waals surface area contributed by atoms with Crippen molar-refractivity contribution in [1.29, 1.82) is 0 Å². The Balaban J connectivity index is 2.57. The molecule has 1 aromatic carbocycles. The first-order valence-corrected chi connectivity index (χ1v) is 8.44. The van der Waals surface area contributed by atoms with Gasteiger partial charge in [-0.05, 0) is 42.3 Å². The van der Waals surface area contributed by atoms with E-state index in [9.17, 15) is 23.8 Å². The third kappa shape index (κ3) is 3.02. The minimum absolute atomic E-state index is 0.150. The Kier molecular flexibility index (Phi) is 5.51. The van der Waals surface area contributed by atoms with Gasteiger partial charge in [0.1, 0.15) is 23.8 Å². The molecule has 1 aromatic rings. The summed E-state index contributed by atoms with van der Waals surface area (Å²) in [4.78, 5) is 13.5. The summed E-state index contributed by atoms with van der Waals surface area (Å²) >= 11 is 2.76. The van der Waals surface area contributed by atoms with E-state index in [0.717, 1.165) is 17.4 Å². The molecule has 2 N–H and O–H groups in total. The molecule has 2 unspecified atom stereocenters. The van der Waals surface area contributed by atoms with Gasteiger partial charge in [-0.3, -0.25) is 4.90 Å². The van der Waals surface area contributed by atoms with Gasteiger partial charge in [0.2, 0.25) is 0 Å². The molecule has 24 heavy (non-hydrogen) atoms. The number of halogens is 3. The van der Waals surface area contributed by atoms with Crippen molar-refractivity contribution >= 4 is 27.7 Å². The molecule has 0 saturated heterocycles. The normalized spacial score (nSPS) is 22.2. The van der Waals surface area contributed by atoms with E-state index in [1.165, 1.54) is 13.8 Å². The van der Waals surface area contributed by atoms with Crippen LogP contribution in [0.1, 0.15) is 45.3 Å². The fourth-order valence-corrected chi connectivity index (χ4v) is 3.08. The van der Waals surface area contributed by atoms with Crippen LogP contribution in [0.15, 0.2) is 10.5 Å². The van der Waals surface area contributed by atoms with Gasteiger partial charge >= 0.3 is 6.09 Å². The van der Waals surface area contributed by atoms with Crippen LogP contribution in [0.3, 0.4) is 0 Å². The van der Waals surface area contributed by atoms with E-state index >= 15 is 0 Å². The van der Waals surface area contributed by atoms with E-state index in [0.29, 0.717) is 6.42 Å².